The summed E-state index contributed by atoms with van der Waals surface area (Å²) in [4.78, 5) is 11.9. The first-order valence-corrected chi connectivity index (χ1v) is 7.32. The third kappa shape index (κ3) is 2.34. The summed E-state index contributed by atoms with van der Waals surface area (Å²) in [5.74, 6) is -0.159. The molecular weight excluding hydrogens is 262 g/mol. The summed E-state index contributed by atoms with van der Waals surface area (Å²) < 4.78 is 0. The van der Waals surface area contributed by atoms with Gasteiger partial charge in [0.1, 0.15) is 6.10 Å². The Hall–Kier alpha value is -2.13. The molecule has 0 saturated carbocycles. The lowest BCUT2D eigenvalue weighted by molar-refractivity contribution is -0.116. The van der Waals surface area contributed by atoms with Crippen molar-refractivity contribution in [3.05, 3.63) is 64.7 Å². The van der Waals surface area contributed by atoms with Gasteiger partial charge in [0.2, 0.25) is 5.91 Å². The van der Waals surface area contributed by atoms with Gasteiger partial charge in [0.15, 0.2) is 0 Å². The summed E-state index contributed by atoms with van der Waals surface area (Å²) in [6, 6.07) is 13.6. The average molecular weight is 281 g/mol. The van der Waals surface area contributed by atoms with E-state index in [1.54, 1.807) is 0 Å². The van der Waals surface area contributed by atoms with Crippen LogP contribution in [-0.2, 0) is 11.2 Å². The summed E-state index contributed by atoms with van der Waals surface area (Å²) in [6.07, 6.45) is 0.153. The second kappa shape index (κ2) is 5.34. The number of amides is 1. The van der Waals surface area contributed by atoms with Crippen molar-refractivity contribution in [2.24, 2.45) is 0 Å². The first-order valence-electron chi connectivity index (χ1n) is 7.32. The number of nitrogens with one attached hydrogen (secondary N) is 1. The molecule has 3 rings (SSSR count). The summed E-state index contributed by atoms with van der Waals surface area (Å²) >= 11 is 0. The molecule has 0 radical (unpaired) electrons. The predicted molar refractivity (Wildman–Crippen MR) is 83.4 cm³/mol. The van der Waals surface area contributed by atoms with Gasteiger partial charge in [0.25, 0.3) is 0 Å². The predicted octanol–water partition coefficient (Wildman–Crippen LogP) is 3.39. The topological polar surface area (TPSA) is 49.3 Å². The van der Waals surface area contributed by atoms with Crippen molar-refractivity contribution in [1.29, 1.82) is 0 Å². The zero-order valence-electron chi connectivity index (χ0n) is 12.3. The van der Waals surface area contributed by atoms with Gasteiger partial charge >= 0.3 is 0 Å². The minimum Gasteiger partial charge on any atom is -0.384 e. The van der Waals surface area contributed by atoms with E-state index < -0.39 is 6.10 Å². The third-order valence-corrected chi connectivity index (χ3v) is 4.19. The van der Waals surface area contributed by atoms with Crippen LogP contribution in [0.2, 0.25) is 0 Å². The van der Waals surface area contributed by atoms with Crippen LogP contribution in [-0.4, -0.2) is 11.0 Å². The molecule has 0 aliphatic carbocycles. The van der Waals surface area contributed by atoms with Crippen molar-refractivity contribution in [2.75, 3.05) is 5.32 Å². The Morgan fingerprint density at radius 3 is 2.62 bits per heavy atom. The van der Waals surface area contributed by atoms with E-state index in [1.165, 1.54) is 0 Å². The number of aliphatic hydroxyl groups is 1. The molecule has 0 bridgehead atoms. The second-order valence-electron chi connectivity index (χ2n) is 5.53. The zero-order valence-corrected chi connectivity index (χ0v) is 12.3. The van der Waals surface area contributed by atoms with Crippen LogP contribution in [0, 0.1) is 0 Å². The van der Waals surface area contributed by atoms with Crippen molar-refractivity contribution in [1.82, 2.24) is 0 Å². The first-order chi connectivity index (χ1) is 10.1. The highest BCUT2D eigenvalue weighted by Gasteiger charge is 2.31. The van der Waals surface area contributed by atoms with Crippen LogP contribution in [0.5, 0.6) is 0 Å². The number of fused-ring (bicyclic) bond motifs is 1. The van der Waals surface area contributed by atoms with E-state index in [2.05, 4.69) is 18.3 Å². The van der Waals surface area contributed by atoms with Crippen molar-refractivity contribution in [2.45, 2.75) is 32.3 Å². The minimum absolute atomic E-state index is 0.000218. The van der Waals surface area contributed by atoms with Crippen LogP contribution in [0.4, 0.5) is 5.69 Å². The highest BCUT2D eigenvalue weighted by atomic mass is 16.3. The molecule has 2 atom stereocenters. The van der Waals surface area contributed by atoms with Crippen LogP contribution in [0.1, 0.15) is 48.1 Å². The van der Waals surface area contributed by atoms with Crippen molar-refractivity contribution in [3.63, 3.8) is 0 Å². The number of aryl methyl sites for hydroxylation is 1. The number of aliphatic hydroxyl groups excluding tert-OH is 1. The highest BCUT2D eigenvalue weighted by Crippen LogP contribution is 2.40. The maximum absolute atomic E-state index is 11.9. The molecule has 21 heavy (non-hydrogen) atoms. The van der Waals surface area contributed by atoms with E-state index >= 15 is 0 Å². The van der Waals surface area contributed by atoms with Gasteiger partial charge in [-0.25, -0.2) is 0 Å². The van der Waals surface area contributed by atoms with E-state index in [9.17, 15) is 9.90 Å². The number of hydrogen-bond donors (Lipinski definition) is 2. The molecule has 108 valence electrons. The first kappa shape index (κ1) is 13.8. The summed E-state index contributed by atoms with van der Waals surface area (Å²) in [5, 5.41) is 13.6. The Morgan fingerprint density at radius 2 is 1.95 bits per heavy atom. The number of rotatable bonds is 3. The van der Waals surface area contributed by atoms with Gasteiger partial charge in [0, 0.05) is 5.56 Å². The van der Waals surface area contributed by atoms with Crippen molar-refractivity contribution in [3.8, 4) is 0 Å². The van der Waals surface area contributed by atoms with E-state index in [0.717, 1.165) is 34.4 Å². The normalized spacial score (nSPS) is 18.2. The fourth-order valence-corrected chi connectivity index (χ4v) is 2.85. The standard InChI is InChI=1S/C18H19NO2/c1-3-12-9-14-11(2)18(21)19-16(14)15(10-12)17(20)13-7-5-4-6-8-13/h4-11,17,20H,3H2,1-2H3,(H,19,21). The maximum Gasteiger partial charge on any atom is 0.231 e. The Labute approximate surface area is 124 Å². The van der Waals surface area contributed by atoms with Gasteiger partial charge in [-0.3, -0.25) is 4.79 Å². The van der Waals surface area contributed by atoms with Gasteiger partial charge in [-0.15, -0.1) is 0 Å². The van der Waals surface area contributed by atoms with Crippen molar-refractivity contribution >= 4 is 11.6 Å². The van der Waals surface area contributed by atoms with Crippen LogP contribution in [0.3, 0.4) is 0 Å². The van der Waals surface area contributed by atoms with E-state index in [1.807, 2.05) is 43.3 Å². The van der Waals surface area contributed by atoms with Crippen LogP contribution >= 0.6 is 0 Å². The van der Waals surface area contributed by atoms with Crippen LogP contribution in [0.25, 0.3) is 0 Å². The number of carbonyl (C=O) groups is 1. The number of anilines is 1. The lowest BCUT2D eigenvalue weighted by atomic mass is 9.92. The molecule has 2 N–H and O–H groups in total. The van der Waals surface area contributed by atoms with Gasteiger partial charge in [-0.2, -0.15) is 0 Å². The Balaban J connectivity index is 2.13. The fraction of sp³-hybridized carbons (Fsp3) is 0.278. The molecule has 3 nitrogen and oxygen atoms in total. The molecule has 1 aliphatic heterocycles. The number of hydrogen-bond acceptors (Lipinski definition) is 2. The summed E-state index contributed by atoms with van der Waals surface area (Å²) in [5.41, 5.74) is 4.53. The smallest absolute Gasteiger partial charge is 0.231 e. The number of carbonyl (C=O) groups excluding carboxylic acids is 1. The molecule has 2 unspecified atom stereocenters. The summed E-state index contributed by atoms with van der Waals surface area (Å²) in [6.45, 7) is 3.98. The SMILES string of the molecule is CCc1cc2c(c(C(O)c3ccccc3)c1)NC(=O)C2C. The molecular formula is C18H19NO2. The van der Waals surface area contributed by atoms with Gasteiger partial charge in [0.05, 0.1) is 11.6 Å². The quantitative estimate of drug-likeness (QED) is 0.906. The van der Waals surface area contributed by atoms with Crippen molar-refractivity contribution < 1.29 is 9.90 Å². The molecule has 1 amide bonds. The highest BCUT2D eigenvalue weighted by molar-refractivity contribution is 6.03. The molecule has 0 fully saturated rings. The summed E-state index contributed by atoms with van der Waals surface area (Å²) in [7, 11) is 0. The fourth-order valence-electron chi connectivity index (χ4n) is 2.85. The van der Waals surface area contributed by atoms with Gasteiger partial charge < -0.3 is 10.4 Å². The van der Waals surface area contributed by atoms with E-state index in [4.69, 9.17) is 0 Å². The van der Waals surface area contributed by atoms with Gasteiger partial charge in [-0.1, -0.05) is 49.4 Å². The second-order valence-corrected chi connectivity index (χ2v) is 5.53. The largest absolute Gasteiger partial charge is 0.384 e. The monoisotopic (exact) mass is 281 g/mol. The zero-order chi connectivity index (χ0) is 15.0. The Kier molecular flexibility index (Phi) is 3.52. The Bertz CT molecular complexity index is 679. The lowest BCUT2D eigenvalue weighted by Crippen LogP contribution is -2.09. The van der Waals surface area contributed by atoms with E-state index in [-0.39, 0.29) is 11.8 Å². The molecule has 0 aromatic heterocycles. The molecule has 2 aromatic carbocycles. The van der Waals surface area contributed by atoms with E-state index in [0.29, 0.717) is 0 Å². The maximum atomic E-state index is 11.9. The Morgan fingerprint density at radius 1 is 1.24 bits per heavy atom. The lowest BCUT2D eigenvalue weighted by Gasteiger charge is -2.17. The molecule has 1 aliphatic rings. The molecule has 3 heteroatoms. The molecule has 1 heterocycles. The minimum atomic E-state index is -0.725. The van der Waals surface area contributed by atoms with Gasteiger partial charge in [-0.05, 0) is 30.0 Å². The molecule has 2 aromatic rings. The van der Waals surface area contributed by atoms with Crippen LogP contribution < -0.4 is 5.32 Å². The number of benzene rings is 2. The molecule has 0 spiro atoms. The average Bonchev–Trinajstić information content (AvgIpc) is 2.82. The third-order valence-electron chi connectivity index (χ3n) is 4.19. The molecule has 0 saturated heterocycles. The van der Waals surface area contributed by atoms with Crippen LogP contribution in [0.15, 0.2) is 42.5 Å².